The van der Waals surface area contributed by atoms with Crippen molar-refractivity contribution in [3.63, 3.8) is 0 Å². The van der Waals surface area contributed by atoms with Gasteiger partial charge in [-0.25, -0.2) is 4.98 Å². The lowest BCUT2D eigenvalue weighted by Gasteiger charge is -2.19. The molecule has 0 radical (unpaired) electrons. The fourth-order valence-corrected chi connectivity index (χ4v) is 2.64. The van der Waals surface area contributed by atoms with E-state index in [1.165, 1.54) is 16.9 Å². The molecule has 2 rings (SSSR count). The third-order valence-corrected chi connectivity index (χ3v) is 4.20. The Hall–Kier alpha value is -0.570. The zero-order chi connectivity index (χ0) is 11.7. The first kappa shape index (κ1) is 11.9. The van der Waals surface area contributed by atoms with Gasteiger partial charge in [0.25, 0.3) is 0 Å². The Bertz CT molecular complexity index is 368. The number of hydrogen-bond donors (Lipinski definition) is 0. The molecule has 1 aliphatic heterocycles. The fraction of sp³-hybridized carbons (Fsp3) is 0.615. The van der Waals surface area contributed by atoms with Gasteiger partial charge in [-0.1, -0.05) is 35.8 Å². The Balaban J connectivity index is 2.22. The highest BCUT2D eigenvalue weighted by Crippen LogP contribution is 2.28. The van der Waals surface area contributed by atoms with Crippen molar-refractivity contribution < 1.29 is 0 Å². The van der Waals surface area contributed by atoms with E-state index >= 15 is 0 Å². The topological polar surface area (TPSA) is 16.1 Å². The van der Waals surface area contributed by atoms with Crippen molar-refractivity contribution in [3.8, 4) is 0 Å². The maximum atomic E-state index is 4.60. The zero-order valence-electron chi connectivity index (χ0n) is 10.2. The molecule has 1 aromatic heterocycles. The summed E-state index contributed by atoms with van der Waals surface area (Å²) in [5.41, 5.74) is 2.54. The van der Waals surface area contributed by atoms with Crippen LogP contribution in [-0.4, -0.2) is 18.1 Å². The fourth-order valence-electron chi connectivity index (χ4n) is 2.33. The van der Waals surface area contributed by atoms with Crippen molar-refractivity contribution in [1.82, 2.24) is 4.98 Å². The highest BCUT2D eigenvalue weighted by atomic mass is 79.9. The van der Waals surface area contributed by atoms with Crippen molar-refractivity contribution in [2.24, 2.45) is 11.8 Å². The summed E-state index contributed by atoms with van der Waals surface area (Å²) in [6, 6.07) is 2.23. The summed E-state index contributed by atoms with van der Waals surface area (Å²) in [4.78, 5) is 7.02. The molecule has 2 nitrogen and oxygen atoms in total. The number of hydrogen-bond acceptors (Lipinski definition) is 2. The Morgan fingerprint density at radius 3 is 2.50 bits per heavy atom. The van der Waals surface area contributed by atoms with Gasteiger partial charge in [0.1, 0.15) is 5.82 Å². The maximum Gasteiger partial charge on any atom is 0.131 e. The summed E-state index contributed by atoms with van der Waals surface area (Å²) in [6.45, 7) is 9.09. The summed E-state index contributed by atoms with van der Waals surface area (Å²) in [6.07, 6.45) is 1.98. The molecule has 1 aliphatic rings. The van der Waals surface area contributed by atoms with Crippen molar-refractivity contribution in [1.29, 1.82) is 0 Å². The van der Waals surface area contributed by atoms with Crippen LogP contribution in [0.5, 0.6) is 0 Å². The molecule has 2 unspecified atom stereocenters. The van der Waals surface area contributed by atoms with E-state index in [0.717, 1.165) is 30.3 Å². The van der Waals surface area contributed by atoms with Crippen LogP contribution in [0, 0.1) is 18.8 Å². The van der Waals surface area contributed by atoms with Gasteiger partial charge in [0.2, 0.25) is 0 Å². The SMILES string of the molecule is Cc1cc(CBr)cnc1N1CC(C)C(C)C1. The number of aromatic nitrogens is 1. The molecule has 0 N–H and O–H groups in total. The molecular weight excluding hydrogens is 264 g/mol. The lowest BCUT2D eigenvalue weighted by Crippen LogP contribution is -2.21. The third kappa shape index (κ3) is 2.24. The van der Waals surface area contributed by atoms with Crippen LogP contribution in [0.4, 0.5) is 5.82 Å². The van der Waals surface area contributed by atoms with E-state index in [1.54, 1.807) is 0 Å². The number of aryl methyl sites for hydroxylation is 1. The monoisotopic (exact) mass is 282 g/mol. The van der Waals surface area contributed by atoms with Crippen LogP contribution in [0.25, 0.3) is 0 Å². The largest absolute Gasteiger partial charge is 0.356 e. The quantitative estimate of drug-likeness (QED) is 0.774. The van der Waals surface area contributed by atoms with Gasteiger partial charge in [-0.15, -0.1) is 0 Å². The van der Waals surface area contributed by atoms with Crippen molar-refractivity contribution in [2.75, 3.05) is 18.0 Å². The molecule has 1 fully saturated rings. The van der Waals surface area contributed by atoms with Gasteiger partial charge in [0, 0.05) is 24.6 Å². The number of anilines is 1. The van der Waals surface area contributed by atoms with Crippen LogP contribution in [0.15, 0.2) is 12.3 Å². The molecule has 0 saturated carbocycles. The summed E-state index contributed by atoms with van der Waals surface area (Å²) < 4.78 is 0. The van der Waals surface area contributed by atoms with Gasteiger partial charge in [-0.05, 0) is 29.9 Å². The number of halogens is 1. The van der Waals surface area contributed by atoms with Gasteiger partial charge in [0.05, 0.1) is 0 Å². The molecular formula is C13H19BrN2. The van der Waals surface area contributed by atoms with E-state index in [1.807, 2.05) is 6.20 Å². The number of nitrogens with zero attached hydrogens (tertiary/aromatic N) is 2. The van der Waals surface area contributed by atoms with Crippen LogP contribution in [0.2, 0.25) is 0 Å². The molecule has 16 heavy (non-hydrogen) atoms. The van der Waals surface area contributed by atoms with Crippen molar-refractivity contribution >= 4 is 21.7 Å². The first-order valence-electron chi connectivity index (χ1n) is 5.88. The summed E-state index contributed by atoms with van der Waals surface area (Å²) in [7, 11) is 0. The van der Waals surface area contributed by atoms with E-state index in [2.05, 4.69) is 52.7 Å². The Labute approximate surface area is 106 Å². The maximum absolute atomic E-state index is 4.60. The minimum absolute atomic E-state index is 0.775. The number of alkyl halides is 1. The normalized spacial score (nSPS) is 25.1. The average molecular weight is 283 g/mol. The minimum atomic E-state index is 0.775. The lowest BCUT2D eigenvalue weighted by atomic mass is 10.0. The van der Waals surface area contributed by atoms with Crippen molar-refractivity contribution in [2.45, 2.75) is 26.1 Å². The molecule has 3 heteroatoms. The van der Waals surface area contributed by atoms with Crippen LogP contribution in [0.3, 0.4) is 0 Å². The number of pyridine rings is 1. The zero-order valence-corrected chi connectivity index (χ0v) is 11.8. The summed E-state index contributed by atoms with van der Waals surface area (Å²) in [5, 5.41) is 0.883. The first-order chi connectivity index (χ1) is 7.61. The standard InChI is InChI=1S/C13H19BrN2/c1-9-4-12(5-14)6-15-13(9)16-7-10(2)11(3)8-16/h4,6,10-11H,5,7-8H2,1-3H3. The Morgan fingerprint density at radius 2 is 2.00 bits per heavy atom. The highest BCUT2D eigenvalue weighted by Gasteiger charge is 2.27. The van der Waals surface area contributed by atoms with E-state index in [4.69, 9.17) is 0 Å². The molecule has 0 bridgehead atoms. The van der Waals surface area contributed by atoms with E-state index in [0.29, 0.717) is 0 Å². The van der Waals surface area contributed by atoms with E-state index < -0.39 is 0 Å². The van der Waals surface area contributed by atoms with E-state index in [9.17, 15) is 0 Å². The van der Waals surface area contributed by atoms with Gasteiger partial charge < -0.3 is 4.90 Å². The highest BCUT2D eigenvalue weighted by molar-refractivity contribution is 9.08. The predicted molar refractivity (Wildman–Crippen MR) is 72.1 cm³/mol. The molecule has 2 heterocycles. The second-order valence-corrected chi connectivity index (χ2v) is 5.54. The molecule has 1 saturated heterocycles. The Morgan fingerprint density at radius 1 is 1.38 bits per heavy atom. The molecule has 0 spiro atoms. The van der Waals surface area contributed by atoms with Gasteiger partial charge in [0.15, 0.2) is 0 Å². The first-order valence-corrected chi connectivity index (χ1v) is 7.00. The second kappa shape index (κ2) is 4.74. The smallest absolute Gasteiger partial charge is 0.131 e. The molecule has 2 atom stereocenters. The van der Waals surface area contributed by atoms with Crippen molar-refractivity contribution in [3.05, 3.63) is 23.4 Å². The molecule has 0 aromatic carbocycles. The van der Waals surface area contributed by atoms with Crippen LogP contribution >= 0.6 is 15.9 Å². The van der Waals surface area contributed by atoms with Crippen LogP contribution in [0.1, 0.15) is 25.0 Å². The van der Waals surface area contributed by atoms with E-state index in [-0.39, 0.29) is 0 Å². The predicted octanol–water partition coefficient (Wildman–Crippen LogP) is 3.38. The summed E-state index contributed by atoms with van der Waals surface area (Å²) in [5.74, 6) is 2.72. The lowest BCUT2D eigenvalue weighted by molar-refractivity contribution is 0.494. The van der Waals surface area contributed by atoms with Crippen LogP contribution in [-0.2, 0) is 5.33 Å². The third-order valence-electron chi connectivity index (χ3n) is 3.55. The molecule has 1 aromatic rings. The molecule has 0 aliphatic carbocycles. The number of rotatable bonds is 2. The van der Waals surface area contributed by atoms with Gasteiger partial charge in [-0.2, -0.15) is 0 Å². The Kier molecular flexibility index (Phi) is 3.53. The van der Waals surface area contributed by atoms with Gasteiger partial charge in [-0.3, -0.25) is 0 Å². The second-order valence-electron chi connectivity index (χ2n) is 4.98. The minimum Gasteiger partial charge on any atom is -0.356 e. The molecule has 88 valence electrons. The summed E-state index contributed by atoms with van der Waals surface area (Å²) >= 11 is 3.47. The van der Waals surface area contributed by atoms with Crippen LogP contribution < -0.4 is 4.90 Å². The van der Waals surface area contributed by atoms with Gasteiger partial charge >= 0.3 is 0 Å². The average Bonchev–Trinajstić information content (AvgIpc) is 2.58. The molecule has 0 amide bonds.